The maximum absolute atomic E-state index is 10.9. The average molecular weight is 266 g/mol. The Morgan fingerprint density at radius 3 is 2.53 bits per heavy atom. The number of methoxy groups -OCH3 is 1. The molecule has 0 heterocycles. The first-order chi connectivity index (χ1) is 9.02. The highest BCUT2D eigenvalue weighted by atomic mass is 16.5. The Morgan fingerprint density at radius 2 is 1.95 bits per heavy atom. The number of aliphatic carboxylic acids is 1. The zero-order valence-corrected chi connectivity index (χ0v) is 11.8. The third kappa shape index (κ3) is 5.72. The molecule has 0 atom stereocenters. The molecule has 0 aromatic heterocycles. The SMILES string of the molecule is COc1ccccc1CN(CCN(C)C)CC(=O)O. The first-order valence-electron chi connectivity index (χ1n) is 6.23. The monoisotopic (exact) mass is 266 g/mol. The van der Waals surface area contributed by atoms with Crippen molar-refractivity contribution in [1.82, 2.24) is 9.80 Å². The molecule has 1 aromatic rings. The number of benzene rings is 1. The molecule has 0 saturated heterocycles. The van der Waals surface area contributed by atoms with Crippen LogP contribution in [0, 0.1) is 0 Å². The van der Waals surface area contributed by atoms with Gasteiger partial charge in [-0.15, -0.1) is 0 Å². The largest absolute Gasteiger partial charge is 0.496 e. The summed E-state index contributed by atoms with van der Waals surface area (Å²) in [6, 6.07) is 7.69. The summed E-state index contributed by atoms with van der Waals surface area (Å²) in [5.41, 5.74) is 1.00. The second-order valence-corrected chi connectivity index (χ2v) is 4.72. The smallest absolute Gasteiger partial charge is 0.317 e. The zero-order chi connectivity index (χ0) is 14.3. The summed E-state index contributed by atoms with van der Waals surface area (Å²) in [4.78, 5) is 14.9. The molecular formula is C14H22N2O3. The summed E-state index contributed by atoms with van der Waals surface area (Å²) in [5, 5.41) is 8.97. The molecule has 1 rings (SSSR count). The Hall–Kier alpha value is -1.59. The summed E-state index contributed by atoms with van der Waals surface area (Å²) in [7, 11) is 5.57. The highest BCUT2D eigenvalue weighted by Gasteiger charge is 2.12. The van der Waals surface area contributed by atoms with Crippen LogP contribution in [0.1, 0.15) is 5.56 Å². The number of carboxylic acids is 1. The predicted octanol–water partition coefficient (Wildman–Crippen LogP) is 1.14. The molecule has 0 radical (unpaired) electrons. The Bertz CT molecular complexity index is 407. The van der Waals surface area contributed by atoms with Gasteiger partial charge < -0.3 is 14.7 Å². The molecule has 19 heavy (non-hydrogen) atoms. The quantitative estimate of drug-likeness (QED) is 0.765. The van der Waals surface area contributed by atoms with E-state index in [1.54, 1.807) is 7.11 Å². The summed E-state index contributed by atoms with van der Waals surface area (Å²) >= 11 is 0. The van der Waals surface area contributed by atoms with Crippen molar-refractivity contribution in [3.8, 4) is 5.75 Å². The van der Waals surface area contributed by atoms with Crippen LogP contribution < -0.4 is 4.74 Å². The molecule has 0 aliphatic carbocycles. The molecule has 5 heteroatoms. The van der Waals surface area contributed by atoms with Gasteiger partial charge in [0.2, 0.25) is 0 Å². The summed E-state index contributed by atoms with van der Waals surface area (Å²) in [6.45, 7) is 2.13. The number of hydrogen-bond donors (Lipinski definition) is 1. The maximum atomic E-state index is 10.9. The normalized spacial score (nSPS) is 11.0. The number of nitrogens with zero attached hydrogens (tertiary/aromatic N) is 2. The van der Waals surface area contributed by atoms with Crippen LogP contribution in [0.15, 0.2) is 24.3 Å². The van der Waals surface area contributed by atoms with Crippen LogP contribution in [0.25, 0.3) is 0 Å². The highest BCUT2D eigenvalue weighted by molar-refractivity contribution is 5.69. The molecule has 1 aromatic carbocycles. The van der Waals surface area contributed by atoms with Gasteiger partial charge in [0.1, 0.15) is 5.75 Å². The van der Waals surface area contributed by atoms with Crippen LogP contribution in [0.2, 0.25) is 0 Å². The highest BCUT2D eigenvalue weighted by Crippen LogP contribution is 2.19. The second kappa shape index (κ2) is 7.76. The van der Waals surface area contributed by atoms with Gasteiger partial charge in [0.15, 0.2) is 0 Å². The average Bonchev–Trinajstić information content (AvgIpc) is 2.36. The summed E-state index contributed by atoms with van der Waals surface area (Å²) in [6.07, 6.45) is 0. The van der Waals surface area contributed by atoms with Crippen molar-refractivity contribution < 1.29 is 14.6 Å². The van der Waals surface area contributed by atoms with Gasteiger partial charge >= 0.3 is 5.97 Å². The van der Waals surface area contributed by atoms with Crippen molar-refractivity contribution in [2.45, 2.75) is 6.54 Å². The number of rotatable bonds is 8. The van der Waals surface area contributed by atoms with Gasteiger partial charge in [-0.2, -0.15) is 0 Å². The molecule has 0 fully saturated rings. The van der Waals surface area contributed by atoms with E-state index in [0.29, 0.717) is 13.1 Å². The van der Waals surface area contributed by atoms with E-state index >= 15 is 0 Å². The molecule has 5 nitrogen and oxygen atoms in total. The van der Waals surface area contributed by atoms with Crippen molar-refractivity contribution in [3.63, 3.8) is 0 Å². The van der Waals surface area contributed by atoms with Crippen LogP contribution in [-0.2, 0) is 11.3 Å². The maximum Gasteiger partial charge on any atom is 0.317 e. The topological polar surface area (TPSA) is 53.0 Å². The lowest BCUT2D eigenvalue weighted by molar-refractivity contribution is -0.138. The number of para-hydroxylation sites is 1. The molecule has 0 spiro atoms. The molecule has 0 bridgehead atoms. The minimum atomic E-state index is -0.811. The van der Waals surface area contributed by atoms with E-state index in [4.69, 9.17) is 9.84 Å². The molecule has 0 saturated carbocycles. The number of carbonyl (C=O) groups is 1. The van der Waals surface area contributed by atoms with Crippen LogP contribution in [0.3, 0.4) is 0 Å². The van der Waals surface area contributed by atoms with Crippen LogP contribution in [0.5, 0.6) is 5.75 Å². The van der Waals surface area contributed by atoms with Crippen LogP contribution >= 0.6 is 0 Å². The Morgan fingerprint density at radius 1 is 1.26 bits per heavy atom. The van der Waals surface area contributed by atoms with Crippen molar-refractivity contribution in [2.75, 3.05) is 40.8 Å². The first kappa shape index (κ1) is 15.5. The van der Waals surface area contributed by atoms with Gasteiger partial charge in [-0.1, -0.05) is 18.2 Å². The minimum Gasteiger partial charge on any atom is -0.496 e. The van der Waals surface area contributed by atoms with Crippen molar-refractivity contribution in [2.24, 2.45) is 0 Å². The van der Waals surface area contributed by atoms with Gasteiger partial charge in [-0.3, -0.25) is 9.69 Å². The fourth-order valence-corrected chi connectivity index (χ4v) is 1.82. The molecule has 0 unspecified atom stereocenters. The van der Waals surface area contributed by atoms with E-state index in [9.17, 15) is 4.79 Å². The molecule has 106 valence electrons. The van der Waals surface area contributed by atoms with Gasteiger partial charge in [-0.25, -0.2) is 0 Å². The Labute approximate surface area is 114 Å². The third-order valence-corrected chi connectivity index (χ3v) is 2.81. The minimum absolute atomic E-state index is 0.0336. The fraction of sp³-hybridized carbons (Fsp3) is 0.500. The predicted molar refractivity (Wildman–Crippen MR) is 74.5 cm³/mol. The standard InChI is InChI=1S/C14H22N2O3/c1-15(2)8-9-16(11-14(17)18)10-12-6-4-5-7-13(12)19-3/h4-7H,8-11H2,1-3H3,(H,17,18). The van der Waals surface area contributed by atoms with E-state index in [0.717, 1.165) is 17.9 Å². The molecule has 0 aliphatic heterocycles. The van der Waals surface area contributed by atoms with E-state index < -0.39 is 5.97 Å². The lowest BCUT2D eigenvalue weighted by Crippen LogP contribution is -2.35. The van der Waals surface area contributed by atoms with Crippen molar-refractivity contribution >= 4 is 5.97 Å². The van der Waals surface area contributed by atoms with E-state index in [2.05, 4.69) is 0 Å². The fourth-order valence-electron chi connectivity index (χ4n) is 1.82. The van der Waals surface area contributed by atoms with Gasteiger partial charge in [0.25, 0.3) is 0 Å². The Kier molecular flexibility index (Phi) is 6.32. The first-order valence-corrected chi connectivity index (χ1v) is 6.23. The number of carboxylic acid groups (broad SMARTS) is 1. The van der Waals surface area contributed by atoms with Crippen LogP contribution in [-0.4, -0.2) is 61.7 Å². The van der Waals surface area contributed by atoms with Gasteiger partial charge in [-0.05, 0) is 20.2 Å². The number of likely N-dealkylation sites (N-methyl/N-ethyl adjacent to an activating group) is 1. The zero-order valence-electron chi connectivity index (χ0n) is 11.8. The second-order valence-electron chi connectivity index (χ2n) is 4.72. The molecule has 0 aliphatic rings. The number of ether oxygens (including phenoxy) is 1. The van der Waals surface area contributed by atoms with E-state index in [1.807, 2.05) is 48.2 Å². The molecule has 1 N–H and O–H groups in total. The van der Waals surface area contributed by atoms with E-state index in [-0.39, 0.29) is 6.54 Å². The third-order valence-electron chi connectivity index (χ3n) is 2.81. The van der Waals surface area contributed by atoms with Gasteiger partial charge in [0, 0.05) is 25.2 Å². The summed E-state index contributed by atoms with van der Waals surface area (Å²) in [5.74, 6) is -0.0172. The lowest BCUT2D eigenvalue weighted by atomic mass is 10.2. The summed E-state index contributed by atoms with van der Waals surface area (Å²) < 4.78 is 5.29. The van der Waals surface area contributed by atoms with Crippen molar-refractivity contribution in [1.29, 1.82) is 0 Å². The van der Waals surface area contributed by atoms with Crippen LogP contribution in [0.4, 0.5) is 0 Å². The molecular weight excluding hydrogens is 244 g/mol. The lowest BCUT2D eigenvalue weighted by Gasteiger charge is -2.23. The Balaban J connectivity index is 2.72. The van der Waals surface area contributed by atoms with Gasteiger partial charge in [0.05, 0.1) is 13.7 Å². The number of hydrogen-bond acceptors (Lipinski definition) is 4. The molecule has 0 amide bonds. The van der Waals surface area contributed by atoms with Crippen molar-refractivity contribution in [3.05, 3.63) is 29.8 Å². The van der Waals surface area contributed by atoms with E-state index in [1.165, 1.54) is 0 Å².